The lowest BCUT2D eigenvalue weighted by Gasteiger charge is -2.41. The summed E-state index contributed by atoms with van der Waals surface area (Å²) in [7, 11) is 1.65. The molecule has 4 N–H and O–H groups in total. The van der Waals surface area contributed by atoms with Gasteiger partial charge in [-0.05, 0) is 52.1 Å². The van der Waals surface area contributed by atoms with E-state index in [0.717, 1.165) is 33.5 Å². The fraction of sp³-hybridized carbons (Fsp3) is 0.286. The van der Waals surface area contributed by atoms with Crippen molar-refractivity contribution in [3.63, 3.8) is 0 Å². The Bertz CT molecular complexity index is 1330. The normalized spacial score (nSPS) is 19.6. The highest BCUT2D eigenvalue weighted by molar-refractivity contribution is 5.95. The monoisotopic (exact) mass is 490 g/mol. The molecule has 1 saturated heterocycles. The van der Waals surface area contributed by atoms with Crippen LogP contribution >= 0.6 is 0 Å². The topological polar surface area (TPSA) is 91.4 Å². The molecule has 3 aromatic rings. The van der Waals surface area contributed by atoms with E-state index in [9.17, 15) is 13.6 Å². The summed E-state index contributed by atoms with van der Waals surface area (Å²) in [6.45, 7) is 1.87. The minimum Gasteiger partial charge on any atom is -0.384 e. The number of benzene rings is 3. The van der Waals surface area contributed by atoms with Crippen molar-refractivity contribution in [3.05, 3.63) is 99.6 Å². The van der Waals surface area contributed by atoms with Crippen LogP contribution in [0, 0.1) is 5.41 Å². The van der Waals surface area contributed by atoms with Gasteiger partial charge < -0.3 is 20.7 Å². The largest absolute Gasteiger partial charge is 0.384 e. The van der Waals surface area contributed by atoms with Gasteiger partial charge in [-0.1, -0.05) is 43.3 Å². The lowest BCUT2D eigenvalue weighted by atomic mass is 9.76. The molecule has 0 radical (unpaired) electrons. The van der Waals surface area contributed by atoms with Crippen molar-refractivity contribution in [2.75, 3.05) is 25.1 Å². The van der Waals surface area contributed by atoms with Crippen molar-refractivity contribution in [1.82, 2.24) is 5.32 Å². The van der Waals surface area contributed by atoms with Gasteiger partial charge in [-0.2, -0.15) is 0 Å². The average Bonchev–Trinajstić information content (AvgIpc) is 2.86. The predicted molar refractivity (Wildman–Crippen MR) is 135 cm³/mol. The minimum absolute atomic E-state index is 0.000338. The van der Waals surface area contributed by atoms with Gasteiger partial charge in [0.1, 0.15) is 11.9 Å². The number of fused-ring (bicyclic) bond motifs is 2. The van der Waals surface area contributed by atoms with Crippen LogP contribution < -0.4 is 16.0 Å². The maximum absolute atomic E-state index is 13.4. The van der Waals surface area contributed by atoms with Gasteiger partial charge in [0, 0.05) is 36.4 Å². The molecule has 0 unspecified atom stereocenters. The van der Waals surface area contributed by atoms with Gasteiger partial charge >= 0.3 is 0 Å². The van der Waals surface area contributed by atoms with Gasteiger partial charge in [0.2, 0.25) is 0 Å². The molecule has 1 fully saturated rings. The van der Waals surface area contributed by atoms with E-state index < -0.39 is 5.92 Å². The molecule has 186 valence electrons. The van der Waals surface area contributed by atoms with Crippen LogP contribution in [0.15, 0.2) is 60.7 Å². The number of halogens is 2. The Labute approximate surface area is 208 Å². The number of nitrogen functional groups attached to an aromatic ring is 1. The summed E-state index contributed by atoms with van der Waals surface area (Å²) >= 11 is 0. The summed E-state index contributed by atoms with van der Waals surface area (Å²) in [6.07, 6.45) is -0.296. The number of amidine groups is 1. The molecule has 36 heavy (non-hydrogen) atoms. The number of hydrogen-bond donors (Lipinski definition) is 3. The number of methoxy groups -OCH3 is 1. The molecule has 1 aliphatic carbocycles. The SMILES string of the molecule is CO[C@@H]1c2ccc(C(=O)NCc3ccc(C(=N)N)cc3)cc2[C@H](C)c2cc(N3CC(F)(F)C3)ccc21. The molecule has 2 aliphatic rings. The predicted octanol–water partition coefficient (Wildman–Crippen LogP) is 4.56. The number of alkyl halides is 2. The molecule has 0 saturated carbocycles. The third-order valence-electron chi connectivity index (χ3n) is 7.08. The van der Waals surface area contributed by atoms with Crippen molar-refractivity contribution >= 4 is 17.4 Å². The van der Waals surface area contributed by atoms with E-state index in [0.29, 0.717) is 17.7 Å². The number of nitrogens with two attached hydrogens (primary N) is 1. The second kappa shape index (κ2) is 9.02. The van der Waals surface area contributed by atoms with E-state index in [4.69, 9.17) is 15.9 Å². The molecule has 2 atom stereocenters. The van der Waals surface area contributed by atoms with E-state index >= 15 is 0 Å². The van der Waals surface area contributed by atoms with Gasteiger partial charge in [0.25, 0.3) is 11.8 Å². The van der Waals surface area contributed by atoms with Crippen LogP contribution in [0.1, 0.15) is 62.7 Å². The Hall–Kier alpha value is -3.78. The fourth-order valence-corrected chi connectivity index (χ4v) is 5.07. The number of ether oxygens (including phenoxy) is 1. The highest BCUT2D eigenvalue weighted by atomic mass is 19.3. The molecule has 1 amide bonds. The van der Waals surface area contributed by atoms with Gasteiger partial charge in [-0.25, -0.2) is 8.78 Å². The van der Waals surface area contributed by atoms with Crippen molar-refractivity contribution < 1.29 is 18.3 Å². The first-order valence-corrected chi connectivity index (χ1v) is 11.8. The Morgan fingerprint density at radius 2 is 1.64 bits per heavy atom. The first-order chi connectivity index (χ1) is 17.2. The third kappa shape index (κ3) is 4.33. The van der Waals surface area contributed by atoms with Gasteiger partial charge in [-0.15, -0.1) is 0 Å². The van der Waals surface area contributed by atoms with Crippen LogP contribution in [0.3, 0.4) is 0 Å². The highest BCUT2D eigenvalue weighted by Crippen LogP contribution is 2.45. The van der Waals surface area contributed by atoms with Crippen molar-refractivity contribution in [2.24, 2.45) is 5.73 Å². The Balaban J connectivity index is 1.37. The average molecular weight is 491 g/mol. The Morgan fingerprint density at radius 3 is 2.25 bits per heavy atom. The molecule has 0 spiro atoms. The fourth-order valence-electron chi connectivity index (χ4n) is 5.07. The molecular weight excluding hydrogens is 462 g/mol. The second-order valence-electron chi connectivity index (χ2n) is 9.50. The summed E-state index contributed by atoms with van der Waals surface area (Å²) < 4.78 is 32.7. The number of carbonyl (C=O) groups excluding carboxylic acids is 1. The standard InChI is InChI=1S/C28H28F2N4O2/c1-16-23-11-19(27(35)33-13-17-3-5-18(6-4-17)26(31)32)7-9-21(23)25(36-2)22-10-8-20(12-24(16)22)34-14-28(29,30)15-34/h3-12,16,25H,13-15H2,1-2H3,(H3,31,32)(H,33,35)/t16-,25+/m0/s1. The van der Waals surface area contributed by atoms with Crippen LogP contribution in [0.4, 0.5) is 14.5 Å². The zero-order chi connectivity index (χ0) is 25.6. The van der Waals surface area contributed by atoms with Crippen molar-refractivity contribution in [3.8, 4) is 0 Å². The number of carbonyl (C=O) groups is 1. The van der Waals surface area contributed by atoms with E-state index in [1.165, 1.54) is 0 Å². The number of hydrogen-bond acceptors (Lipinski definition) is 4. The van der Waals surface area contributed by atoms with E-state index in [1.54, 1.807) is 30.2 Å². The number of rotatable bonds is 6. The van der Waals surface area contributed by atoms with Gasteiger partial charge in [0.15, 0.2) is 0 Å². The quantitative estimate of drug-likeness (QED) is 0.349. The summed E-state index contributed by atoms with van der Waals surface area (Å²) in [5, 5.41) is 10.4. The molecule has 1 heterocycles. The lowest BCUT2D eigenvalue weighted by molar-refractivity contribution is -0.0262. The summed E-state index contributed by atoms with van der Waals surface area (Å²) in [4.78, 5) is 14.6. The number of nitrogens with one attached hydrogen (secondary N) is 2. The zero-order valence-corrected chi connectivity index (χ0v) is 20.1. The summed E-state index contributed by atoms with van der Waals surface area (Å²) in [5.41, 5.74) is 12.4. The molecule has 0 bridgehead atoms. The smallest absolute Gasteiger partial charge is 0.282 e. The zero-order valence-electron chi connectivity index (χ0n) is 20.1. The van der Waals surface area contributed by atoms with Crippen LogP contribution in [-0.2, 0) is 11.3 Å². The van der Waals surface area contributed by atoms with E-state index in [2.05, 4.69) is 12.2 Å². The molecule has 0 aromatic heterocycles. The van der Waals surface area contributed by atoms with Crippen LogP contribution in [0.25, 0.3) is 0 Å². The second-order valence-corrected chi connectivity index (χ2v) is 9.50. The van der Waals surface area contributed by atoms with Crippen molar-refractivity contribution in [2.45, 2.75) is 31.4 Å². The third-order valence-corrected chi connectivity index (χ3v) is 7.08. The first kappa shape index (κ1) is 23.9. The van der Waals surface area contributed by atoms with Crippen LogP contribution in [0.2, 0.25) is 0 Å². The van der Waals surface area contributed by atoms with E-state index in [1.807, 2.05) is 42.5 Å². The molecule has 1 aliphatic heterocycles. The molecule has 8 heteroatoms. The van der Waals surface area contributed by atoms with Gasteiger partial charge in [0.05, 0.1) is 13.1 Å². The van der Waals surface area contributed by atoms with E-state index in [-0.39, 0.29) is 36.9 Å². The summed E-state index contributed by atoms with van der Waals surface area (Å²) in [6, 6.07) is 18.6. The molecule has 6 nitrogen and oxygen atoms in total. The Kier molecular flexibility index (Phi) is 6.00. The van der Waals surface area contributed by atoms with Crippen molar-refractivity contribution in [1.29, 1.82) is 5.41 Å². The Morgan fingerprint density at radius 1 is 1.03 bits per heavy atom. The maximum atomic E-state index is 13.4. The number of amides is 1. The van der Waals surface area contributed by atoms with Crippen LogP contribution in [0.5, 0.6) is 0 Å². The van der Waals surface area contributed by atoms with Crippen LogP contribution in [-0.4, -0.2) is 37.9 Å². The first-order valence-electron chi connectivity index (χ1n) is 11.8. The number of anilines is 1. The minimum atomic E-state index is -2.64. The highest BCUT2D eigenvalue weighted by Gasteiger charge is 2.44. The van der Waals surface area contributed by atoms with Gasteiger partial charge in [-0.3, -0.25) is 10.2 Å². The summed E-state index contributed by atoms with van der Waals surface area (Å²) in [5.74, 6) is -2.87. The number of nitrogens with zero attached hydrogens (tertiary/aromatic N) is 1. The maximum Gasteiger partial charge on any atom is 0.282 e. The lowest BCUT2D eigenvalue weighted by Crippen LogP contribution is -2.56. The molecular formula is C28H28F2N4O2. The molecule has 5 rings (SSSR count). The molecule has 3 aromatic carbocycles.